The van der Waals surface area contributed by atoms with Gasteiger partial charge < -0.3 is 15.3 Å². The smallest absolute Gasteiger partial charge is 0.224 e. The molecule has 2 rings (SSSR count). The van der Waals surface area contributed by atoms with E-state index in [0.717, 1.165) is 30.8 Å². The number of hydrogen-bond donors (Lipinski definition) is 2. The topological polar surface area (TPSA) is 65.5 Å². The van der Waals surface area contributed by atoms with Crippen LogP contribution in [0.15, 0.2) is 18.3 Å². The Bertz CT molecular complexity index is 431. The van der Waals surface area contributed by atoms with Crippen LogP contribution in [0, 0.1) is 5.92 Å². The number of amides is 1. The van der Waals surface area contributed by atoms with Crippen molar-refractivity contribution in [1.29, 1.82) is 0 Å². The van der Waals surface area contributed by atoms with Crippen LogP contribution in [0.2, 0.25) is 0 Å². The molecule has 2 heterocycles. The minimum Gasteiger partial charge on any atom is -0.389 e. The third kappa shape index (κ3) is 3.23. The molecule has 5 heteroatoms. The van der Waals surface area contributed by atoms with Crippen LogP contribution in [0.4, 0.5) is 5.82 Å². The quantitative estimate of drug-likeness (QED) is 0.857. The normalized spacial score (nSPS) is 21.0. The minimum atomic E-state index is -0.499. The van der Waals surface area contributed by atoms with Gasteiger partial charge in [-0.1, -0.05) is 6.07 Å². The van der Waals surface area contributed by atoms with E-state index in [2.05, 4.69) is 15.2 Å². The molecule has 0 spiro atoms. The van der Waals surface area contributed by atoms with Crippen molar-refractivity contribution in [2.75, 3.05) is 25.0 Å². The maximum absolute atomic E-state index is 11.7. The highest BCUT2D eigenvalue weighted by atomic mass is 16.3. The van der Waals surface area contributed by atoms with Crippen LogP contribution < -0.4 is 10.2 Å². The van der Waals surface area contributed by atoms with Crippen molar-refractivity contribution in [3.05, 3.63) is 23.9 Å². The first-order valence-electron chi connectivity index (χ1n) is 6.72. The van der Waals surface area contributed by atoms with Gasteiger partial charge in [-0.15, -0.1) is 0 Å². The van der Waals surface area contributed by atoms with Gasteiger partial charge in [0.2, 0.25) is 5.91 Å². The Balaban J connectivity index is 2.06. The van der Waals surface area contributed by atoms with E-state index < -0.39 is 6.10 Å². The zero-order valence-corrected chi connectivity index (χ0v) is 11.5. The summed E-state index contributed by atoms with van der Waals surface area (Å²) in [6, 6.07) is 3.80. The molecule has 0 bridgehead atoms. The minimum absolute atomic E-state index is 0.0389. The number of carbonyl (C=O) groups excluding carboxylic acids is 1. The lowest BCUT2D eigenvalue weighted by atomic mass is 9.97. The maximum Gasteiger partial charge on any atom is 0.224 e. The summed E-state index contributed by atoms with van der Waals surface area (Å²) in [6.07, 6.45) is 3.13. The van der Waals surface area contributed by atoms with E-state index in [-0.39, 0.29) is 11.8 Å². The summed E-state index contributed by atoms with van der Waals surface area (Å²) < 4.78 is 0. The molecule has 0 saturated carbocycles. The molecule has 1 fully saturated rings. The van der Waals surface area contributed by atoms with Gasteiger partial charge in [-0.05, 0) is 31.4 Å². The molecule has 2 N–H and O–H groups in total. The number of aliphatic hydroxyl groups is 1. The number of aromatic nitrogens is 1. The zero-order chi connectivity index (χ0) is 13.8. The molecule has 1 aliphatic heterocycles. The van der Waals surface area contributed by atoms with Gasteiger partial charge in [-0.3, -0.25) is 4.79 Å². The highest BCUT2D eigenvalue weighted by Crippen LogP contribution is 2.22. The summed E-state index contributed by atoms with van der Waals surface area (Å²) in [5.41, 5.74) is 0.809. The first-order chi connectivity index (χ1) is 9.11. The van der Waals surface area contributed by atoms with E-state index in [4.69, 9.17) is 0 Å². The Hall–Kier alpha value is -1.62. The van der Waals surface area contributed by atoms with Gasteiger partial charge >= 0.3 is 0 Å². The molecular weight excluding hydrogens is 242 g/mol. The Morgan fingerprint density at radius 2 is 2.37 bits per heavy atom. The van der Waals surface area contributed by atoms with E-state index in [9.17, 15) is 9.90 Å². The first-order valence-corrected chi connectivity index (χ1v) is 6.72. The van der Waals surface area contributed by atoms with Crippen molar-refractivity contribution in [1.82, 2.24) is 10.3 Å². The van der Waals surface area contributed by atoms with Gasteiger partial charge in [-0.25, -0.2) is 4.98 Å². The van der Waals surface area contributed by atoms with Crippen LogP contribution in [0.1, 0.15) is 31.4 Å². The largest absolute Gasteiger partial charge is 0.389 e. The van der Waals surface area contributed by atoms with Crippen molar-refractivity contribution >= 4 is 11.7 Å². The fourth-order valence-electron chi connectivity index (χ4n) is 2.44. The van der Waals surface area contributed by atoms with E-state index >= 15 is 0 Å². The Morgan fingerprint density at radius 3 is 2.95 bits per heavy atom. The predicted octanol–water partition coefficient (Wildman–Crippen LogP) is 1.10. The highest BCUT2D eigenvalue weighted by molar-refractivity contribution is 5.79. The van der Waals surface area contributed by atoms with Crippen molar-refractivity contribution in [2.45, 2.75) is 25.9 Å². The number of pyridine rings is 1. The number of hydrogen-bond acceptors (Lipinski definition) is 4. The van der Waals surface area contributed by atoms with Crippen LogP contribution in [-0.4, -0.2) is 36.1 Å². The van der Waals surface area contributed by atoms with Gasteiger partial charge in [0.25, 0.3) is 0 Å². The summed E-state index contributed by atoms with van der Waals surface area (Å²) >= 11 is 0. The van der Waals surface area contributed by atoms with Gasteiger partial charge in [0.1, 0.15) is 5.82 Å². The number of nitrogens with zero attached hydrogens (tertiary/aromatic N) is 2. The van der Waals surface area contributed by atoms with E-state index in [1.54, 1.807) is 20.2 Å². The second kappa shape index (κ2) is 6.02. The predicted molar refractivity (Wildman–Crippen MR) is 73.9 cm³/mol. The molecule has 104 valence electrons. The number of nitrogens with one attached hydrogen (secondary N) is 1. The number of aliphatic hydroxyl groups excluding tert-OH is 1. The van der Waals surface area contributed by atoms with Crippen LogP contribution in [0.25, 0.3) is 0 Å². The van der Waals surface area contributed by atoms with Gasteiger partial charge in [0.05, 0.1) is 12.0 Å². The Labute approximate surface area is 113 Å². The average molecular weight is 263 g/mol. The molecule has 0 aliphatic carbocycles. The second-order valence-corrected chi connectivity index (χ2v) is 5.03. The van der Waals surface area contributed by atoms with Crippen molar-refractivity contribution in [2.24, 2.45) is 5.92 Å². The maximum atomic E-state index is 11.7. The SMILES string of the molecule is CNC(=O)C1CCCN(c2ccc([C@@H](C)O)cn2)C1. The Kier molecular flexibility index (Phi) is 4.37. The lowest BCUT2D eigenvalue weighted by molar-refractivity contribution is -0.124. The summed E-state index contributed by atoms with van der Waals surface area (Å²) in [4.78, 5) is 18.2. The third-order valence-corrected chi connectivity index (χ3v) is 3.62. The number of anilines is 1. The third-order valence-electron chi connectivity index (χ3n) is 3.62. The fraction of sp³-hybridized carbons (Fsp3) is 0.571. The molecule has 1 aromatic rings. The lowest BCUT2D eigenvalue weighted by Crippen LogP contribution is -2.42. The average Bonchev–Trinajstić information content (AvgIpc) is 2.46. The molecule has 2 atom stereocenters. The molecule has 1 aliphatic rings. The van der Waals surface area contributed by atoms with Gasteiger partial charge in [0.15, 0.2) is 0 Å². The number of carbonyl (C=O) groups is 1. The molecule has 19 heavy (non-hydrogen) atoms. The molecule has 5 nitrogen and oxygen atoms in total. The zero-order valence-electron chi connectivity index (χ0n) is 11.5. The van der Waals surface area contributed by atoms with E-state index in [1.807, 2.05) is 12.1 Å². The van der Waals surface area contributed by atoms with Crippen molar-refractivity contribution in [3.63, 3.8) is 0 Å². The number of piperidine rings is 1. The van der Waals surface area contributed by atoms with Gasteiger partial charge in [0, 0.05) is 26.3 Å². The first kappa shape index (κ1) is 13.8. The highest BCUT2D eigenvalue weighted by Gasteiger charge is 2.25. The molecule has 0 radical (unpaired) electrons. The van der Waals surface area contributed by atoms with E-state index in [0.29, 0.717) is 6.54 Å². The number of rotatable bonds is 3. The molecular formula is C14H21N3O2. The van der Waals surface area contributed by atoms with E-state index in [1.165, 1.54) is 0 Å². The summed E-state index contributed by atoms with van der Waals surface area (Å²) in [6.45, 7) is 3.36. The van der Waals surface area contributed by atoms with Crippen molar-refractivity contribution in [3.8, 4) is 0 Å². The molecule has 1 unspecified atom stereocenters. The lowest BCUT2D eigenvalue weighted by Gasteiger charge is -2.32. The molecule has 1 amide bonds. The van der Waals surface area contributed by atoms with Crippen LogP contribution in [0.3, 0.4) is 0 Å². The summed E-state index contributed by atoms with van der Waals surface area (Å²) in [7, 11) is 1.68. The molecule has 1 aromatic heterocycles. The van der Waals surface area contributed by atoms with Crippen LogP contribution >= 0.6 is 0 Å². The standard InChI is InChI=1S/C14H21N3O2/c1-10(18)11-5-6-13(16-8-11)17-7-3-4-12(9-17)14(19)15-2/h5-6,8,10,12,18H,3-4,7,9H2,1-2H3,(H,15,19)/t10-,12?/m1/s1. The monoisotopic (exact) mass is 263 g/mol. The summed E-state index contributed by atoms with van der Waals surface area (Å²) in [5.74, 6) is 1.01. The van der Waals surface area contributed by atoms with Crippen LogP contribution in [0.5, 0.6) is 0 Å². The summed E-state index contributed by atoms with van der Waals surface area (Å²) in [5, 5.41) is 12.2. The van der Waals surface area contributed by atoms with Gasteiger partial charge in [-0.2, -0.15) is 0 Å². The molecule has 1 saturated heterocycles. The second-order valence-electron chi connectivity index (χ2n) is 5.03. The Morgan fingerprint density at radius 1 is 1.58 bits per heavy atom. The molecule has 0 aromatic carbocycles. The fourth-order valence-corrected chi connectivity index (χ4v) is 2.44. The van der Waals surface area contributed by atoms with Crippen molar-refractivity contribution < 1.29 is 9.90 Å². The van der Waals surface area contributed by atoms with Crippen LogP contribution in [-0.2, 0) is 4.79 Å².